The number of tetrazole rings is 1. The summed E-state index contributed by atoms with van der Waals surface area (Å²) >= 11 is 0. The van der Waals surface area contributed by atoms with E-state index in [0.717, 1.165) is 63.2 Å². The predicted molar refractivity (Wildman–Crippen MR) is 222 cm³/mol. The number of hydrogen-bond donors (Lipinski definition) is 1. The first-order chi connectivity index (χ1) is 27.5. The molecule has 1 N–H and O–H groups in total. The second-order valence-corrected chi connectivity index (χ2v) is 14.2. The van der Waals surface area contributed by atoms with Crippen molar-refractivity contribution in [3.05, 3.63) is 202 Å². The van der Waals surface area contributed by atoms with E-state index in [0.29, 0.717) is 36.1 Å². The van der Waals surface area contributed by atoms with Gasteiger partial charge in [-0.05, 0) is 74.3 Å². The molecule has 0 fully saturated rings. The van der Waals surface area contributed by atoms with E-state index >= 15 is 0 Å². The summed E-state index contributed by atoms with van der Waals surface area (Å²) < 4.78 is 3.76. The first-order valence-corrected chi connectivity index (χ1v) is 19.4. The van der Waals surface area contributed by atoms with Crippen LogP contribution >= 0.6 is 0 Å². The van der Waals surface area contributed by atoms with E-state index in [1.54, 1.807) is 10.6 Å². The minimum absolute atomic E-state index is 0.0914. The van der Waals surface area contributed by atoms with Gasteiger partial charge < -0.3 is 5.11 Å². The molecule has 8 rings (SSSR count). The van der Waals surface area contributed by atoms with Crippen molar-refractivity contribution in [2.45, 2.75) is 57.7 Å². The number of fused-ring (bicyclic) bond motifs is 1. The normalized spacial score (nSPS) is 12.2. The zero-order valence-electron chi connectivity index (χ0n) is 31.7. The highest BCUT2D eigenvalue weighted by molar-refractivity contribution is 5.81. The molecule has 56 heavy (non-hydrogen) atoms. The molecule has 0 radical (unpaired) electrons. The van der Waals surface area contributed by atoms with Gasteiger partial charge in [-0.25, -0.2) is 9.67 Å². The highest BCUT2D eigenvalue weighted by Crippen LogP contribution is 2.43. The number of aliphatic hydroxyl groups excluding tert-OH is 1. The molecule has 8 heteroatoms. The van der Waals surface area contributed by atoms with Crippen LogP contribution in [0.1, 0.15) is 72.9 Å². The van der Waals surface area contributed by atoms with Crippen LogP contribution in [0.3, 0.4) is 0 Å². The molecule has 0 aliphatic rings. The average molecular weight is 737 g/mol. The van der Waals surface area contributed by atoms with E-state index < -0.39 is 11.6 Å². The molecule has 2 heterocycles. The molecule has 0 aliphatic heterocycles. The third-order valence-corrected chi connectivity index (χ3v) is 10.7. The minimum Gasteiger partial charge on any atom is -0.388 e. The number of rotatable bonds is 13. The molecular formula is C48H44N6O2. The Morgan fingerprint density at radius 1 is 0.696 bits per heavy atom. The quantitative estimate of drug-likeness (QED) is 0.119. The van der Waals surface area contributed by atoms with Crippen LogP contribution in [-0.4, -0.2) is 34.9 Å². The van der Waals surface area contributed by atoms with Crippen molar-refractivity contribution < 1.29 is 5.11 Å². The molecule has 8 nitrogen and oxygen atoms in total. The molecule has 8 aromatic rings. The van der Waals surface area contributed by atoms with Crippen molar-refractivity contribution in [3.8, 4) is 22.5 Å². The van der Waals surface area contributed by atoms with Gasteiger partial charge >= 0.3 is 0 Å². The SMILES string of the molecule is CCCCc1nc2ccc(C(O)CC)cc2c(=O)n1Cc1ccc(-c2ccccc2-c2nnnn2C(c2ccccc2)(c2ccccc2)c2ccccc2)cc1. The van der Waals surface area contributed by atoms with Gasteiger partial charge in [0.25, 0.3) is 5.56 Å². The zero-order valence-corrected chi connectivity index (χ0v) is 31.7. The van der Waals surface area contributed by atoms with Gasteiger partial charge in [0.1, 0.15) is 11.4 Å². The predicted octanol–water partition coefficient (Wildman–Crippen LogP) is 9.39. The van der Waals surface area contributed by atoms with Crippen molar-refractivity contribution >= 4 is 10.9 Å². The zero-order chi connectivity index (χ0) is 38.5. The fraction of sp³-hybridized carbons (Fsp3) is 0.188. The summed E-state index contributed by atoms with van der Waals surface area (Å²) in [5, 5.41) is 24.9. The summed E-state index contributed by atoms with van der Waals surface area (Å²) in [7, 11) is 0. The standard InChI is InChI=1S/C48H44N6O2/c1-3-5-25-45-49-43-31-30-36(44(55)4-2)32-42(43)47(56)53(45)33-34-26-28-35(29-27-34)40-23-15-16-24-41(40)46-50-51-52-54(46)48(37-17-9-6-10-18-37,38-19-11-7-12-20-38)39-21-13-8-14-22-39/h6-24,26-32,44,55H,3-5,25,33H2,1-2H3. The first-order valence-electron chi connectivity index (χ1n) is 19.4. The van der Waals surface area contributed by atoms with Crippen LogP contribution in [0.4, 0.5) is 0 Å². The lowest BCUT2D eigenvalue weighted by Crippen LogP contribution is -2.39. The van der Waals surface area contributed by atoms with E-state index in [-0.39, 0.29) is 5.56 Å². The third-order valence-electron chi connectivity index (χ3n) is 10.7. The average Bonchev–Trinajstić information content (AvgIpc) is 3.75. The number of aromatic nitrogens is 6. The van der Waals surface area contributed by atoms with E-state index in [2.05, 4.69) is 121 Å². The van der Waals surface area contributed by atoms with Crippen molar-refractivity contribution in [2.75, 3.05) is 0 Å². The number of aliphatic hydroxyl groups is 1. The minimum atomic E-state index is -0.883. The number of benzene rings is 6. The maximum Gasteiger partial charge on any atom is 0.261 e. The molecule has 0 spiro atoms. The van der Waals surface area contributed by atoms with Crippen LogP contribution in [0, 0.1) is 0 Å². The molecule has 2 aromatic heterocycles. The van der Waals surface area contributed by atoms with Gasteiger partial charge in [0.15, 0.2) is 5.82 Å². The number of nitrogens with zero attached hydrogens (tertiary/aromatic N) is 6. The lowest BCUT2D eigenvalue weighted by atomic mass is 9.77. The fourth-order valence-corrected chi connectivity index (χ4v) is 7.80. The maximum absolute atomic E-state index is 14.1. The van der Waals surface area contributed by atoms with E-state index in [1.165, 1.54) is 0 Å². The van der Waals surface area contributed by atoms with Crippen molar-refractivity contribution in [1.82, 2.24) is 29.8 Å². The lowest BCUT2D eigenvalue weighted by Gasteiger charge is -2.36. The van der Waals surface area contributed by atoms with Gasteiger partial charge in [-0.15, -0.1) is 5.10 Å². The molecule has 0 saturated carbocycles. The van der Waals surface area contributed by atoms with E-state index in [4.69, 9.17) is 15.3 Å². The van der Waals surface area contributed by atoms with Crippen LogP contribution < -0.4 is 5.56 Å². The van der Waals surface area contributed by atoms with Crippen molar-refractivity contribution in [1.29, 1.82) is 0 Å². The Bertz CT molecular complexity index is 2520. The molecular weight excluding hydrogens is 693 g/mol. The highest BCUT2D eigenvalue weighted by Gasteiger charge is 2.42. The van der Waals surface area contributed by atoms with Gasteiger partial charge in [0, 0.05) is 12.0 Å². The summed E-state index contributed by atoms with van der Waals surface area (Å²) in [4.78, 5) is 19.0. The Hall–Kier alpha value is -6.51. The number of hydrogen-bond acceptors (Lipinski definition) is 6. The van der Waals surface area contributed by atoms with Crippen LogP contribution in [0.15, 0.2) is 163 Å². The summed E-state index contributed by atoms with van der Waals surface area (Å²) in [6, 6.07) is 53.3. The van der Waals surface area contributed by atoms with Gasteiger partial charge in [0.05, 0.1) is 23.6 Å². The molecule has 6 aromatic carbocycles. The third kappa shape index (κ3) is 6.73. The second kappa shape index (κ2) is 16.1. The van der Waals surface area contributed by atoms with Crippen LogP contribution in [0.2, 0.25) is 0 Å². The molecule has 0 amide bonds. The number of aryl methyl sites for hydroxylation is 1. The first kappa shape index (κ1) is 36.5. The van der Waals surface area contributed by atoms with Crippen molar-refractivity contribution in [2.24, 2.45) is 0 Å². The maximum atomic E-state index is 14.1. The van der Waals surface area contributed by atoms with Crippen LogP contribution in [-0.2, 0) is 18.5 Å². The second-order valence-electron chi connectivity index (χ2n) is 14.2. The smallest absolute Gasteiger partial charge is 0.261 e. The summed E-state index contributed by atoms with van der Waals surface area (Å²) in [6.45, 7) is 4.45. The summed E-state index contributed by atoms with van der Waals surface area (Å²) in [5.41, 5.74) is 7.36. The Morgan fingerprint density at radius 2 is 1.29 bits per heavy atom. The molecule has 0 bridgehead atoms. The number of unbranched alkanes of at least 4 members (excludes halogenated alkanes) is 1. The summed E-state index contributed by atoms with van der Waals surface area (Å²) in [5.74, 6) is 1.40. The molecule has 0 saturated heterocycles. The van der Waals surface area contributed by atoms with E-state index in [9.17, 15) is 9.90 Å². The monoisotopic (exact) mass is 736 g/mol. The highest BCUT2D eigenvalue weighted by atomic mass is 16.3. The van der Waals surface area contributed by atoms with E-state index in [1.807, 2.05) is 54.1 Å². The molecule has 1 atom stereocenters. The molecule has 278 valence electrons. The van der Waals surface area contributed by atoms with Gasteiger partial charge in [-0.1, -0.05) is 166 Å². The molecule has 0 aliphatic carbocycles. The van der Waals surface area contributed by atoms with Gasteiger partial charge in [-0.2, -0.15) is 0 Å². The van der Waals surface area contributed by atoms with Gasteiger partial charge in [-0.3, -0.25) is 9.36 Å². The largest absolute Gasteiger partial charge is 0.388 e. The Kier molecular flexibility index (Phi) is 10.5. The van der Waals surface area contributed by atoms with Crippen LogP contribution in [0.5, 0.6) is 0 Å². The Labute approximate surface area is 326 Å². The topological polar surface area (TPSA) is 98.7 Å². The Balaban J connectivity index is 1.21. The molecule has 1 unspecified atom stereocenters. The Morgan fingerprint density at radius 3 is 1.88 bits per heavy atom. The van der Waals surface area contributed by atoms with Crippen LogP contribution in [0.25, 0.3) is 33.4 Å². The van der Waals surface area contributed by atoms with Gasteiger partial charge in [0.2, 0.25) is 0 Å². The lowest BCUT2D eigenvalue weighted by molar-refractivity contribution is 0.174. The summed E-state index contributed by atoms with van der Waals surface area (Å²) in [6.07, 6.45) is 2.58. The fourth-order valence-electron chi connectivity index (χ4n) is 7.80. The van der Waals surface area contributed by atoms with Crippen molar-refractivity contribution in [3.63, 3.8) is 0 Å².